The fourth-order valence-electron chi connectivity index (χ4n) is 4.23. The van der Waals surface area contributed by atoms with E-state index in [-0.39, 0.29) is 5.56 Å². The Kier molecular flexibility index (Phi) is 4.97. The van der Waals surface area contributed by atoms with E-state index in [9.17, 15) is 4.79 Å². The molecule has 0 amide bonds. The normalized spacial score (nSPS) is 14.9. The lowest BCUT2D eigenvalue weighted by molar-refractivity contribution is 0.351. The second-order valence-electron chi connectivity index (χ2n) is 7.78. The number of benzene rings is 1. The molecular formula is C24H23N5O. The SMILES string of the molecule is O=c1cc(-c2cccnc2)ncn1CC1CCN(c2ccnc3ccccc23)CC1. The third kappa shape index (κ3) is 3.68. The van der Waals surface area contributed by atoms with Gasteiger partial charge in [-0.3, -0.25) is 19.3 Å². The monoisotopic (exact) mass is 397 g/mol. The highest BCUT2D eigenvalue weighted by molar-refractivity contribution is 5.91. The largest absolute Gasteiger partial charge is 0.371 e. The molecule has 0 radical (unpaired) electrons. The standard InChI is InChI=1S/C24H23N5O/c30-24-14-22(19-4-3-10-25-15-19)27-17-29(24)16-18-8-12-28(13-9-18)23-7-11-26-21-6-2-1-5-20(21)23/h1-7,10-11,14-15,17-18H,8-9,12-13,16H2. The zero-order chi connectivity index (χ0) is 20.3. The highest BCUT2D eigenvalue weighted by Crippen LogP contribution is 2.29. The summed E-state index contributed by atoms with van der Waals surface area (Å²) in [5.41, 5.74) is 3.80. The lowest BCUT2D eigenvalue weighted by Crippen LogP contribution is -2.36. The molecule has 4 aromatic rings. The molecule has 150 valence electrons. The van der Waals surface area contributed by atoms with Gasteiger partial charge in [-0.25, -0.2) is 4.98 Å². The van der Waals surface area contributed by atoms with Crippen molar-refractivity contribution >= 4 is 16.6 Å². The maximum atomic E-state index is 12.6. The number of anilines is 1. The summed E-state index contributed by atoms with van der Waals surface area (Å²) in [6.07, 6.45) is 9.10. The predicted molar refractivity (Wildman–Crippen MR) is 118 cm³/mol. The number of hydrogen-bond acceptors (Lipinski definition) is 5. The molecule has 1 aliphatic rings. The molecule has 0 aliphatic carbocycles. The molecule has 0 unspecified atom stereocenters. The first-order valence-corrected chi connectivity index (χ1v) is 10.3. The van der Waals surface area contributed by atoms with Gasteiger partial charge < -0.3 is 4.90 Å². The quantitative estimate of drug-likeness (QED) is 0.525. The van der Waals surface area contributed by atoms with Gasteiger partial charge in [0.15, 0.2) is 0 Å². The summed E-state index contributed by atoms with van der Waals surface area (Å²) in [6, 6.07) is 15.8. The summed E-state index contributed by atoms with van der Waals surface area (Å²) >= 11 is 0. The van der Waals surface area contributed by atoms with Crippen molar-refractivity contribution in [3.8, 4) is 11.3 Å². The van der Waals surface area contributed by atoms with Gasteiger partial charge in [0.1, 0.15) is 0 Å². The molecule has 1 aliphatic heterocycles. The predicted octanol–water partition coefficient (Wildman–Crippen LogP) is 3.77. The van der Waals surface area contributed by atoms with E-state index >= 15 is 0 Å². The number of nitrogens with zero attached hydrogens (tertiary/aromatic N) is 5. The molecule has 3 aromatic heterocycles. The number of aromatic nitrogens is 4. The van der Waals surface area contributed by atoms with Crippen LogP contribution in [0.15, 0.2) is 78.2 Å². The Morgan fingerprint density at radius 3 is 2.63 bits per heavy atom. The Morgan fingerprint density at radius 1 is 0.967 bits per heavy atom. The minimum Gasteiger partial charge on any atom is -0.371 e. The molecule has 0 atom stereocenters. The van der Waals surface area contributed by atoms with Crippen LogP contribution in [-0.4, -0.2) is 32.6 Å². The summed E-state index contributed by atoms with van der Waals surface area (Å²) < 4.78 is 1.74. The zero-order valence-corrected chi connectivity index (χ0v) is 16.7. The Balaban J connectivity index is 1.27. The van der Waals surface area contributed by atoms with Gasteiger partial charge in [-0.15, -0.1) is 0 Å². The Labute approximate surface area is 174 Å². The maximum absolute atomic E-state index is 12.6. The van der Waals surface area contributed by atoms with Crippen LogP contribution in [0.1, 0.15) is 12.8 Å². The van der Waals surface area contributed by atoms with Crippen LogP contribution in [0.5, 0.6) is 0 Å². The van der Waals surface area contributed by atoms with E-state index in [0.717, 1.165) is 37.0 Å². The number of fused-ring (bicyclic) bond motifs is 1. The molecular weight excluding hydrogens is 374 g/mol. The van der Waals surface area contributed by atoms with Gasteiger partial charge >= 0.3 is 0 Å². The third-order valence-electron chi connectivity index (χ3n) is 5.87. The van der Waals surface area contributed by atoms with E-state index < -0.39 is 0 Å². The van der Waals surface area contributed by atoms with Gasteiger partial charge in [-0.05, 0) is 43.0 Å². The van der Waals surface area contributed by atoms with E-state index in [2.05, 4.69) is 44.1 Å². The van der Waals surface area contributed by atoms with Gasteiger partial charge in [-0.1, -0.05) is 18.2 Å². The van der Waals surface area contributed by atoms with Crippen molar-refractivity contribution in [3.63, 3.8) is 0 Å². The molecule has 5 rings (SSSR count). The molecule has 1 aromatic carbocycles. The zero-order valence-electron chi connectivity index (χ0n) is 16.7. The fraction of sp³-hybridized carbons (Fsp3) is 0.250. The first-order chi connectivity index (χ1) is 14.8. The van der Waals surface area contributed by atoms with Crippen LogP contribution in [0, 0.1) is 5.92 Å². The van der Waals surface area contributed by atoms with Crippen molar-refractivity contribution in [3.05, 3.63) is 83.8 Å². The van der Waals surface area contributed by atoms with Gasteiger partial charge in [0, 0.05) is 60.9 Å². The van der Waals surface area contributed by atoms with Crippen molar-refractivity contribution in [2.24, 2.45) is 5.92 Å². The van der Waals surface area contributed by atoms with E-state index in [1.807, 2.05) is 24.4 Å². The van der Waals surface area contributed by atoms with E-state index in [1.165, 1.54) is 11.1 Å². The van der Waals surface area contributed by atoms with Crippen LogP contribution in [0.25, 0.3) is 22.2 Å². The molecule has 1 fully saturated rings. The first-order valence-electron chi connectivity index (χ1n) is 10.3. The van der Waals surface area contributed by atoms with E-state index in [4.69, 9.17) is 0 Å². The summed E-state index contributed by atoms with van der Waals surface area (Å²) in [6.45, 7) is 2.67. The van der Waals surface area contributed by atoms with Crippen LogP contribution in [0.3, 0.4) is 0 Å². The molecule has 30 heavy (non-hydrogen) atoms. The van der Waals surface area contributed by atoms with E-state index in [1.54, 1.807) is 29.4 Å². The fourth-order valence-corrected chi connectivity index (χ4v) is 4.23. The number of piperidine rings is 1. The summed E-state index contributed by atoms with van der Waals surface area (Å²) in [5.74, 6) is 0.470. The Hall–Kier alpha value is -3.54. The molecule has 1 saturated heterocycles. The minimum absolute atomic E-state index is 0.00795. The highest BCUT2D eigenvalue weighted by atomic mass is 16.1. The van der Waals surface area contributed by atoms with Crippen LogP contribution < -0.4 is 10.5 Å². The first kappa shape index (κ1) is 18.5. The van der Waals surface area contributed by atoms with Gasteiger partial charge in [0.05, 0.1) is 17.5 Å². The van der Waals surface area contributed by atoms with Crippen molar-refractivity contribution < 1.29 is 0 Å². The molecule has 0 N–H and O–H groups in total. The minimum atomic E-state index is -0.00795. The van der Waals surface area contributed by atoms with Crippen LogP contribution in [-0.2, 0) is 6.54 Å². The molecule has 0 bridgehead atoms. The third-order valence-corrected chi connectivity index (χ3v) is 5.87. The molecule has 0 spiro atoms. The summed E-state index contributed by atoms with van der Waals surface area (Å²) in [7, 11) is 0. The summed E-state index contributed by atoms with van der Waals surface area (Å²) in [5, 5.41) is 1.20. The maximum Gasteiger partial charge on any atom is 0.253 e. The topological polar surface area (TPSA) is 63.9 Å². The molecule has 4 heterocycles. The lowest BCUT2D eigenvalue weighted by Gasteiger charge is -2.34. The molecule has 0 saturated carbocycles. The number of pyridine rings is 2. The summed E-state index contributed by atoms with van der Waals surface area (Å²) in [4.78, 5) is 28.1. The van der Waals surface area contributed by atoms with Gasteiger partial charge in [0.25, 0.3) is 5.56 Å². The second-order valence-corrected chi connectivity index (χ2v) is 7.78. The Morgan fingerprint density at radius 2 is 1.83 bits per heavy atom. The number of rotatable bonds is 4. The lowest BCUT2D eigenvalue weighted by atomic mass is 9.96. The van der Waals surface area contributed by atoms with Crippen molar-refractivity contribution in [2.45, 2.75) is 19.4 Å². The molecule has 6 nitrogen and oxygen atoms in total. The number of hydrogen-bond donors (Lipinski definition) is 0. The highest BCUT2D eigenvalue weighted by Gasteiger charge is 2.21. The van der Waals surface area contributed by atoms with Crippen LogP contribution in [0.2, 0.25) is 0 Å². The van der Waals surface area contributed by atoms with E-state index in [0.29, 0.717) is 18.2 Å². The van der Waals surface area contributed by atoms with Crippen molar-refractivity contribution in [1.29, 1.82) is 0 Å². The average molecular weight is 397 g/mol. The van der Waals surface area contributed by atoms with Crippen molar-refractivity contribution in [2.75, 3.05) is 18.0 Å². The molecule has 6 heteroatoms. The van der Waals surface area contributed by atoms with Gasteiger partial charge in [0.2, 0.25) is 0 Å². The second kappa shape index (κ2) is 8.06. The van der Waals surface area contributed by atoms with Gasteiger partial charge in [-0.2, -0.15) is 0 Å². The van der Waals surface area contributed by atoms with Crippen molar-refractivity contribution in [1.82, 2.24) is 19.5 Å². The smallest absolute Gasteiger partial charge is 0.253 e. The van der Waals surface area contributed by atoms with Crippen LogP contribution in [0.4, 0.5) is 5.69 Å². The van der Waals surface area contributed by atoms with Crippen LogP contribution >= 0.6 is 0 Å². The average Bonchev–Trinajstić information content (AvgIpc) is 2.81. The number of para-hydroxylation sites is 1. The Bertz CT molecular complexity index is 1210.